The van der Waals surface area contributed by atoms with E-state index in [9.17, 15) is 19.4 Å². The summed E-state index contributed by atoms with van der Waals surface area (Å²) in [5.41, 5.74) is 0. The van der Waals surface area contributed by atoms with Crippen molar-refractivity contribution in [3.05, 3.63) is 36.5 Å². The van der Waals surface area contributed by atoms with Crippen molar-refractivity contribution in [1.29, 1.82) is 0 Å². The van der Waals surface area contributed by atoms with Gasteiger partial charge in [-0.1, -0.05) is 352 Å². The van der Waals surface area contributed by atoms with Gasteiger partial charge in [0, 0.05) is 6.42 Å². The summed E-state index contributed by atoms with van der Waals surface area (Å²) in [6, 6.07) is -0.846. The Bertz CT molecular complexity index is 1430. The van der Waals surface area contributed by atoms with Gasteiger partial charge in [-0.05, 0) is 51.4 Å². The molecule has 9 heteroatoms. The Balaban J connectivity index is 4.01. The lowest BCUT2D eigenvalue weighted by Crippen LogP contribution is -2.45. The molecule has 3 N–H and O–H groups in total. The van der Waals surface area contributed by atoms with E-state index in [0.29, 0.717) is 17.4 Å². The smallest absolute Gasteiger partial charge is 0.387 e. The highest BCUT2D eigenvalue weighted by Crippen LogP contribution is 2.43. The second-order valence-corrected chi connectivity index (χ2v) is 27.8. The first kappa shape index (κ1) is 80.7. The number of nitrogens with zero attached hydrogens (tertiary/aromatic N) is 1. The van der Waals surface area contributed by atoms with Crippen LogP contribution in [0.4, 0.5) is 0 Å². The minimum absolute atomic E-state index is 0.0638. The van der Waals surface area contributed by atoms with E-state index in [1.165, 1.54) is 315 Å². The van der Waals surface area contributed by atoms with Crippen LogP contribution in [0, 0.1) is 0 Å². The van der Waals surface area contributed by atoms with Gasteiger partial charge in [-0.3, -0.25) is 13.8 Å². The van der Waals surface area contributed by atoms with Gasteiger partial charge < -0.3 is 19.8 Å². The SMILES string of the molecule is CCCCCCC/C=C\C/C=C\CCCCCCCCCCCCCCCCCCCCCCCC(=O)NC(COP(=O)(O)OCC[N+](C)(C)C)C(O)/C=C/CCCCCCCCCCCCCCCCCCCCCCCCCCC. The number of carbonyl (C=O) groups is 1. The average Bonchev–Trinajstić information content (AvgIpc) is 3.47. The van der Waals surface area contributed by atoms with Crippen molar-refractivity contribution < 1.29 is 32.9 Å². The van der Waals surface area contributed by atoms with E-state index in [2.05, 4.69) is 43.5 Å². The first-order chi connectivity index (χ1) is 40.0. The second kappa shape index (κ2) is 64.2. The quantitative estimate of drug-likeness (QED) is 0.0243. The third kappa shape index (κ3) is 66.2. The molecule has 3 atom stereocenters. The Morgan fingerprint density at radius 2 is 0.695 bits per heavy atom. The van der Waals surface area contributed by atoms with Crippen LogP contribution < -0.4 is 5.32 Å². The van der Waals surface area contributed by atoms with Crippen LogP contribution in [0.25, 0.3) is 0 Å². The van der Waals surface area contributed by atoms with Crippen LogP contribution in [0.1, 0.15) is 373 Å². The summed E-state index contributed by atoms with van der Waals surface area (Å²) in [4.78, 5) is 23.4. The molecule has 0 aliphatic rings. The minimum Gasteiger partial charge on any atom is -0.387 e. The molecule has 0 rings (SSSR count). The molecular weight excluding hydrogens is 1030 g/mol. The van der Waals surface area contributed by atoms with Gasteiger partial charge in [0.05, 0.1) is 39.9 Å². The summed E-state index contributed by atoms with van der Waals surface area (Å²) in [7, 11) is 1.59. The number of quaternary nitrogens is 1. The third-order valence-corrected chi connectivity index (χ3v) is 17.8. The van der Waals surface area contributed by atoms with Crippen LogP contribution in [-0.2, 0) is 18.4 Å². The maximum atomic E-state index is 13.1. The number of aliphatic hydroxyl groups excluding tert-OH is 1. The number of nitrogens with one attached hydrogen (secondary N) is 1. The molecule has 0 heterocycles. The zero-order chi connectivity index (χ0) is 59.8. The average molecular weight is 1180 g/mol. The molecule has 0 aliphatic carbocycles. The fourth-order valence-corrected chi connectivity index (χ4v) is 11.9. The molecule has 0 spiro atoms. The number of unbranched alkanes of at least 4 members (excludes halogenated alkanes) is 51. The van der Waals surface area contributed by atoms with Crippen LogP contribution in [0.2, 0.25) is 0 Å². The number of hydrogen-bond acceptors (Lipinski definition) is 5. The number of amides is 1. The number of aliphatic hydroxyl groups is 1. The Kier molecular flexibility index (Phi) is 63.2. The number of phosphoric ester groups is 1. The predicted octanol–water partition coefficient (Wildman–Crippen LogP) is 23.2. The standard InChI is InChI=1S/C73H143N2O6P/c1-6-8-10-12-14-16-18-20-22-24-26-28-30-32-34-35-36-37-38-39-41-43-45-47-49-51-53-55-57-59-61-63-65-67-73(77)74-71(70-81-82(78,79)80-69-68-75(3,4)5)72(76)66-64-62-60-58-56-54-52-50-48-46-44-42-40-33-31-29-27-25-23-21-19-17-15-13-11-9-7-2/h18,20,24,26,64,66,71-72,76H,6-17,19,21-23,25,27-63,65,67-70H2,1-5H3,(H-,74,77,78,79)/p+1/b20-18-,26-24-,66-64+. The van der Waals surface area contributed by atoms with Crippen molar-refractivity contribution in [2.24, 2.45) is 0 Å². The van der Waals surface area contributed by atoms with Gasteiger partial charge in [-0.2, -0.15) is 0 Å². The van der Waals surface area contributed by atoms with Crippen molar-refractivity contribution in [3.8, 4) is 0 Å². The topological polar surface area (TPSA) is 105 Å². The highest BCUT2D eigenvalue weighted by Gasteiger charge is 2.28. The van der Waals surface area contributed by atoms with E-state index in [1.807, 2.05) is 27.2 Å². The van der Waals surface area contributed by atoms with E-state index in [-0.39, 0.29) is 19.1 Å². The van der Waals surface area contributed by atoms with Gasteiger partial charge in [0.2, 0.25) is 5.91 Å². The molecular formula is C73H144N2O6P+. The zero-order valence-corrected chi connectivity index (χ0v) is 56.7. The van der Waals surface area contributed by atoms with E-state index in [1.54, 1.807) is 6.08 Å². The van der Waals surface area contributed by atoms with Crippen LogP contribution in [0.3, 0.4) is 0 Å². The summed E-state index contributed by atoms with van der Waals surface area (Å²) in [6.45, 7) is 4.87. The molecule has 0 aromatic heterocycles. The summed E-state index contributed by atoms with van der Waals surface area (Å²) in [6.07, 6.45) is 85.9. The Morgan fingerprint density at radius 3 is 1.00 bits per heavy atom. The summed E-state index contributed by atoms with van der Waals surface area (Å²) >= 11 is 0. The van der Waals surface area contributed by atoms with Crippen LogP contribution in [0.15, 0.2) is 36.5 Å². The molecule has 0 radical (unpaired) electrons. The molecule has 0 aromatic rings. The zero-order valence-electron chi connectivity index (χ0n) is 55.8. The Labute approximate surface area is 512 Å². The third-order valence-electron chi connectivity index (χ3n) is 16.9. The number of likely N-dealkylation sites (N-methyl/N-ethyl adjacent to an activating group) is 1. The molecule has 0 bridgehead atoms. The van der Waals surface area contributed by atoms with Gasteiger partial charge in [0.15, 0.2) is 0 Å². The fraction of sp³-hybridized carbons (Fsp3) is 0.904. The maximum absolute atomic E-state index is 13.1. The number of carbonyl (C=O) groups excluding carboxylic acids is 1. The second-order valence-electron chi connectivity index (χ2n) is 26.3. The molecule has 82 heavy (non-hydrogen) atoms. The number of hydrogen-bond donors (Lipinski definition) is 3. The van der Waals surface area contributed by atoms with Gasteiger partial charge in [-0.25, -0.2) is 4.57 Å². The highest BCUT2D eigenvalue weighted by atomic mass is 31.2. The molecule has 3 unspecified atom stereocenters. The van der Waals surface area contributed by atoms with E-state index >= 15 is 0 Å². The first-order valence-electron chi connectivity index (χ1n) is 36.4. The van der Waals surface area contributed by atoms with E-state index < -0.39 is 20.0 Å². The number of rotatable bonds is 68. The Morgan fingerprint density at radius 1 is 0.415 bits per heavy atom. The summed E-state index contributed by atoms with van der Waals surface area (Å²) < 4.78 is 23.8. The van der Waals surface area contributed by atoms with Gasteiger partial charge in [0.25, 0.3) is 0 Å². The van der Waals surface area contributed by atoms with Crippen LogP contribution in [0.5, 0.6) is 0 Å². The molecule has 486 valence electrons. The summed E-state index contributed by atoms with van der Waals surface area (Å²) in [5.74, 6) is -0.169. The monoisotopic (exact) mass is 1180 g/mol. The molecule has 0 aliphatic heterocycles. The van der Waals surface area contributed by atoms with Crippen LogP contribution in [-0.4, -0.2) is 73.4 Å². The van der Waals surface area contributed by atoms with Crippen molar-refractivity contribution in [2.45, 2.75) is 386 Å². The molecule has 0 saturated carbocycles. The highest BCUT2D eigenvalue weighted by molar-refractivity contribution is 7.47. The lowest BCUT2D eigenvalue weighted by atomic mass is 10.0. The lowest BCUT2D eigenvalue weighted by Gasteiger charge is -2.25. The van der Waals surface area contributed by atoms with Gasteiger partial charge in [0.1, 0.15) is 13.2 Å². The number of phosphoric acid groups is 1. The fourth-order valence-electron chi connectivity index (χ4n) is 11.2. The Hall–Kier alpha value is -1.28. The molecule has 0 aromatic carbocycles. The van der Waals surface area contributed by atoms with E-state index in [0.717, 1.165) is 38.5 Å². The van der Waals surface area contributed by atoms with Crippen molar-refractivity contribution in [3.63, 3.8) is 0 Å². The predicted molar refractivity (Wildman–Crippen MR) is 360 cm³/mol. The first-order valence-corrected chi connectivity index (χ1v) is 37.9. The molecule has 0 saturated heterocycles. The van der Waals surface area contributed by atoms with Gasteiger partial charge in [-0.15, -0.1) is 0 Å². The minimum atomic E-state index is -4.35. The molecule has 0 fully saturated rings. The lowest BCUT2D eigenvalue weighted by molar-refractivity contribution is -0.870. The molecule has 8 nitrogen and oxygen atoms in total. The summed E-state index contributed by atoms with van der Waals surface area (Å²) in [5, 5.41) is 14.0. The van der Waals surface area contributed by atoms with Crippen molar-refractivity contribution >= 4 is 13.7 Å². The van der Waals surface area contributed by atoms with Crippen molar-refractivity contribution in [1.82, 2.24) is 5.32 Å². The van der Waals surface area contributed by atoms with Crippen molar-refractivity contribution in [2.75, 3.05) is 40.9 Å². The molecule has 1 amide bonds. The largest absolute Gasteiger partial charge is 0.472 e. The maximum Gasteiger partial charge on any atom is 0.472 e. The number of allylic oxidation sites excluding steroid dienone is 5. The van der Waals surface area contributed by atoms with Gasteiger partial charge >= 0.3 is 7.82 Å². The normalized spacial score (nSPS) is 13.8. The van der Waals surface area contributed by atoms with E-state index in [4.69, 9.17) is 9.05 Å². The van der Waals surface area contributed by atoms with Crippen LogP contribution >= 0.6 is 7.82 Å².